The second kappa shape index (κ2) is 8.03. The van der Waals surface area contributed by atoms with Crippen molar-refractivity contribution in [3.8, 4) is 5.75 Å². The quantitative estimate of drug-likeness (QED) is 0.454. The molecule has 0 atom stereocenters. The largest absolute Gasteiger partial charge is 0.485 e. The summed E-state index contributed by atoms with van der Waals surface area (Å²) in [4.78, 5) is 25.0. The predicted octanol–water partition coefficient (Wildman–Crippen LogP) is 2.21. The molecule has 0 aliphatic rings. The van der Waals surface area contributed by atoms with Crippen LogP contribution >= 0.6 is 11.3 Å². The van der Waals surface area contributed by atoms with Gasteiger partial charge in [-0.2, -0.15) is 0 Å². The number of hydrogen-bond donors (Lipinski definition) is 1. The molecule has 142 valence electrons. The number of carbonyl (C=O) groups is 1. The number of thiophene rings is 1. The van der Waals surface area contributed by atoms with Gasteiger partial charge in [-0.15, -0.1) is 11.3 Å². The maximum absolute atomic E-state index is 12.3. The van der Waals surface area contributed by atoms with E-state index >= 15 is 0 Å². The van der Waals surface area contributed by atoms with Crippen LogP contribution < -0.4 is 15.1 Å². The number of rotatable bonds is 8. The van der Waals surface area contributed by atoms with Crippen LogP contribution in [0.5, 0.6) is 5.75 Å². The lowest BCUT2D eigenvalue weighted by Crippen LogP contribution is -2.24. The molecule has 2 heterocycles. The van der Waals surface area contributed by atoms with Crippen LogP contribution in [-0.2, 0) is 16.4 Å². The number of benzene rings is 1. The van der Waals surface area contributed by atoms with Crippen molar-refractivity contribution in [2.24, 2.45) is 0 Å². The highest BCUT2D eigenvalue weighted by Crippen LogP contribution is 2.21. The summed E-state index contributed by atoms with van der Waals surface area (Å²) in [7, 11) is -3.22. The molecule has 3 rings (SSSR count). The van der Waals surface area contributed by atoms with Gasteiger partial charge < -0.3 is 9.15 Å². The van der Waals surface area contributed by atoms with E-state index in [2.05, 4.69) is 4.72 Å². The van der Waals surface area contributed by atoms with E-state index in [1.54, 1.807) is 36.4 Å². The lowest BCUT2D eigenvalue weighted by Gasteiger charge is -2.05. The fourth-order valence-electron chi connectivity index (χ4n) is 2.37. The van der Waals surface area contributed by atoms with Crippen LogP contribution in [0.25, 0.3) is 11.0 Å². The molecule has 2 aromatic heterocycles. The molecule has 1 N–H and O–H groups in total. The molecule has 0 aliphatic heterocycles. The van der Waals surface area contributed by atoms with Crippen molar-refractivity contribution in [1.82, 2.24) is 4.72 Å². The maximum Gasteiger partial charge on any atom is 0.336 e. The number of carbonyl (C=O) groups excluding carboxylic acids is 1. The molecule has 7 nitrogen and oxygen atoms in total. The van der Waals surface area contributed by atoms with E-state index < -0.39 is 15.6 Å². The Kier molecular flexibility index (Phi) is 5.73. The summed E-state index contributed by atoms with van der Waals surface area (Å²) < 4.78 is 35.1. The molecule has 0 radical (unpaired) electrons. The molecular weight excluding hydrogens is 390 g/mol. The van der Waals surface area contributed by atoms with Gasteiger partial charge in [0, 0.05) is 28.9 Å². The fraction of sp³-hybridized carbons (Fsp3) is 0.222. The van der Waals surface area contributed by atoms with Crippen LogP contribution in [0, 0.1) is 0 Å². The molecule has 27 heavy (non-hydrogen) atoms. The van der Waals surface area contributed by atoms with E-state index in [4.69, 9.17) is 9.15 Å². The minimum Gasteiger partial charge on any atom is -0.485 e. The number of sulfonamides is 1. The summed E-state index contributed by atoms with van der Waals surface area (Å²) in [6, 6.07) is 11.5. The van der Waals surface area contributed by atoms with Gasteiger partial charge in [0.1, 0.15) is 11.3 Å². The number of nitrogens with one attached hydrogen (secondary N) is 1. The second-order valence-corrected chi connectivity index (χ2v) is 8.85. The van der Waals surface area contributed by atoms with E-state index in [1.807, 2.05) is 0 Å². The smallest absolute Gasteiger partial charge is 0.336 e. The van der Waals surface area contributed by atoms with Crippen LogP contribution in [0.4, 0.5) is 0 Å². The Morgan fingerprint density at radius 1 is 1.19 bits per heavy atom. The molecule has 0 saturated heterocycles. The van der Waals surface area contributed by atoms with Crippen LogP contribution in [-0.4, -0.2) is 33.6 Å². The zero-order chi connectivity index (χ0) is 19.4. The molecule has 0 bridgehead atoms. The van der Waals surface area contributed by atoms with Gasteiger partial charge in [-0.1, -0.05) is 0 Å². The Balaban J connectivity index is 1.58. The highest BCUT2D eigenvalue weighted by atomic mass is 32.2. The summed E-state index contributed by atoms with van der Waals surface area (Å²) >= 11 is 1.31. The zero-order valence-electron chi connectivity index (χ0n) is 14.4. The first-order valence-electron chi connectivity index (χ1n) is 8.03. The number of ether oxygens (including phenoxy) is 1. The van der Waals surface area contributed by atoms with Crippen molar-refractivity contribution in [1.29, 1.82) is 0 Å². The van der Waals surface area contributed by atoms with E-state index in [9.17, 15) is 18.0 Å². The highest BCUT2D eigenvalue weighted by Gasteiger charge is 2.11. The molecule has 1 aromatic carbocycles. The van der Waals surface area contributed by atoms with Crippen LogP contribution in [0.15, 0.2) is 51.7 Å². The van der Waals surface area contributed by atoms with Crippen molar-refractivity contribution >= 4 is 38.1 Å². The summed E-state index contributed by atoms with van der Waals surface area (Å²) in [5.74, 6) is 0.247. The van der Waals surface area contributed by atoms with E-state index in [0.717, 1.165) is 16.5 Å². The summed E-state index contributed by atoms with van der Waals surface area (Å²) in [6.07, 6.45) is 1.61. The minimum absolute atomic E-state index is 0.149. The molecule has 0 amide bonds. The summed E-state index contributed by atoms with van der Waals surface area (Å²) in [6.45, 7) is 0.135. The lowest BCUT2D eigenvalue weighted by molar-refractivity contribution is 0.0925. The monoisotopic (exact) mass is 407 g/mol. The molecule has 0 fully saturated rings. The van der Waals surface area contributed by atoms with Crippen molar-refractivity contribution in [3.05, 3.63) is 62.6 Å². The van der Waals surface area contributed by atoms with Crippen LogP contribution in [0.2, 0.25) is 0 Å². The van der Waals surface area contributed by atoms with Gasteiger partial charge in [0.05, 0.1) is 11.1 Å². The van der Waals surface area contributed by atoms with Crippen molar-refractivity contribution in [2.75, 3.05) is 19.4 Å². The number of Topliss-reactive ketones (excluding diaryl/α,β-unsaturated/α-hetero) is 1. The fourth-order valence-corrected chi connectivity index (χ4v) is 3.78. The average Bonchev–Trinajstić information content (AvgIpc) is 3.07. The third kappa shape index (κ3) is 5.49. The Morgan fingerprint density at radius 3 is 2.74 bits per heavy atom. The van der Waals surface area contributed by atoms with E-state index in [-0.39, 0.29) is 18.9 Å². The SMILES string of the molecule is CS(=O)(=O)NCCc1ccc(C(=O)COc2ccc3ccc(=O)oc3c2)s1. The summed E-state index contributed by atoms with van der Waals surface area (Å²) in [5.41, 5.74) is -0.0589. The first-order chi connectivity index (χ1) is 12.8. The standard InChI is InChI=1S/C18H17NO6S2/c1-27(22,23)19-9-8-14-5-6-17(26-14)15(20)11-24-13-4-2-12-3-7-18(21)25-16(12)10-13/h2-7,10,19H,8-9,11H2,1H3. The van der Waals surface area contributed by atoms with Crippen molar-refractivity contribution in [3.63, 3.8) is 0 Å². The molecule has 0 saturated carbocycles. The third-order valence-corrected chi connectivity index (χ3v) is 5.55. The minimum atomic E-state index is -3.22. The average molecular weight is 407 g/mol. The first kappa shape index (κ1) is 19.3. The van der Waals surface area contributed by atoms with E-state index in [1.165, 1.54) is 17.4 Å². The zero-order valence-corrected chi connectivity index (χ0v) is 16.1. The Morgan fingerprint density at radius 2 is 1.96 bits per heavy atom. The number of hydrogen-bond acceptors (Lipinski definition) is 7. The molecule has 3 aromatic rings. The van der Waals surface area contributed by atoms with Crippen LogP contribution in [0.1, 0.15) is 14.5 Å². The Hall–Kier alpha value is -2.49. The van der Waals surface area contributed by atoms with Gasteiger partial charge in [-0.3, -0.25) is 4.79 Å². The maximum atomic E-state index is 12.3. The van der Waals surface area contributed by atoms with Gasteiger partial charge in [-0.05, 0) is 36.8 Å². The normalized spacial score (nSPS) is 11.6. The lowest BCUT2D eigenvalue weighted by atomic mass is 10.2. The molecule has 0 spiro atoms. The van der Waals surface area contributed by atoms with E-state index in [0.29, 0.717) is 22.6 Å². The Bertz CT molecular complexity index is 1130. The van der Waals surface area contributed by atoms with Gasteiger partial charge in [0.25, 0.3) is 0 Å². The molecular formula is C18H17NO6S2. The summed E-state index contributed by atoms with van der Waals surface area (Å²) in [5, 5.41) is 0.763. The van der Waals surface area contributed by atoms with Gasteiger partial charge >= 0.3 is 5.63 Å². The van der Waals surface area contributed by atoms with Gasteiger partial charge in [0.2, 0.25) is 15.8 Å². The first-order valence-corrected chi connectivity index (χ1v) is 10.7. The Labute approximate surface area is 159 Å². The van der Waals surface area contributed by atoms with Gasteiger partial charge in [0.15, 0.2) is 6.61 Å². The topological polar surface area (TPSA) is 103 Å². The van der Waals surface area contributed by atoms with Crippen LogP contribution in [0.3, 0.4) is 0 Å². The predicted molar refractivity (Wildman–Crippen MR) is 103 cm³/mol. The number of fused-ring (bicyclic) bond motifs is 1. The van der Waals surface area contributed by atoms with Gasteiger partial charge in [-0.25, -0.2) is 17.9 Å². The second-order valence-electron chi connectivity index (χ2n) is 5.85. The highest BCUT2D eigenvalue weighted by molar-refractivity contribution is 7.88. The van der Waals surface area contributed by atoms with Crippen molar-refractivity contribution < 1.29 is 22.4 Å². The molecule has 0 aliphatic carbocycles. The third-order valence-electron chi connectivity index (χ3n) is 3.64. The number of ketones is 1. The van der Waals surface area contributed by atoms with Crippen molar-refractivity contribution in [2.45, 2.75) is 6.42 Å². The molecule has 0 unspecified atom stereocenters. The molecule has 9 heteroatoms.